The number of hydrogen-bond donors (Lipinski definition) is 1. The van der Waals surface area contributed by atoms with Gasteiger partial charge in [-0.3, -0.25) is 0 Å². The highest BCUT2D eigenvalue weighted by molar-refractivity contribution is 5.57. The Hall–Kier alpha value is -1.09. The molecule has 2 aliphatic heterocycles. The molecule has 1 aromatic carbocycles. The molecule has 0 aliphatic carbocycles. The van der Waals surface area contributed by atoms with Gasteiger partial charge in [0.15, 0.2) is 0 Å². The van der Waals surface area contributed by atoms with Crippen LogP contribution in [0.2, 0.25) is 0 Å². The summed E-state index contributed by atoms with van der Waals surface area (Å²) >= 11 is 0. The van der Waals surface area contributed by atoms with E-state index in [-0.39, 0.29) is 5.82 Å². The predicted molar refractivity (Wildman–Crippen MR) is 67.9 cm³/mol. The number of hydrogen-bond acceptors (Lipinski definition) is 2. The van der Waals surface area contributed by atoms with Crippen molar-refractivity contribution >= 4 is 5.69 Å². The van der Waals surface area contributed by atoms with Gasteiger partial charge in [-0.25, -0.2) is 4.39 Å². The Bertz CT molecular complexity index is 419. The van der Waals surface area contributed by atoms with E-state index < -0.39 is 0 Å². The van der Waals surface area contributed by atoms with Crippen molar-refractivity contribution in [3.8, 4) is 0 Å². The number of benzene rings is 1. The van der Waals surface area contributed by atoms with E-state index in [0.717, 1.165) is 18.7 Å². The topological polar surface area (TPSA) is 15.3 Å². The molecule has 0 saturated carbocycles. The van der Waals surface area contributed by atoms with Crippen LogP contribution >= 0.6 is 0 Å². The van der Waals surface area contributed by atoms with Crippen molar-refractivity contribution in [2.45, 2.75) is 31.2 Å². The lowest BCUT2D eigenvalue weighted by Crippen LogP contribution is -2.27. The number of rotatable bonds is 2. The summed E-state index contributed by atoms with van der Waals surface area (Å²) in [7, 11) is 2.20. The van der Waals surface area contributed by atoms with Gasteiger partial charge in [-0.2, -0.15) is 0 Å². The highest BCUT2D eigenvalue weighted by Gasteiger charge is 2.29. The Kier molecular flexibility index (Phi) is 2.79. The van der Waals surface area contributed by atoms with Crippen molar-refractivity contribution < 1.29 is 4.39 Å². The number of anilines is 1. The molecule has 2 unspecified atom stereocenters. The largest absolute Gasteiger partial charge is 0.384 e. The summed E-state index contributed by atoms with van der Waals surface area (Å²) in [5, 5.41) is 3.38. The van der Waals surface area contributed by atoms with Crippen LogP contribution in [0.5, 0.6) is 0 Å². The minimum Gasteiger partial charge on any atom is -0.384 e. The molecule has 2 heterocycles. The molecule has 1 fully saturated rings. The van der Waals surface area contributed by atoms with Crippen LogP contribution in [0, 0.1) is 5.82 Å². The summed E-state index contributed by atoms with van der Waals surface area (Å²) in [6.45, 7) is 2.17. The molecule has 2 atom stereocenters. The van der Waals surface area contributed by atoms with Crippen LogP contribution in [0.15, 0.2) is 18.2 Å². The molecular weight excluding hydrogens is 215 g/mol. The second kappa shape index (κ2) is 4.30. The first kappa shape index (κ1) is 11.0. The molecule has 1 saturated heterocycles. The van der Waals surface area contributed by atoms with Crippen LogP contribution in [0.25, 0.3) is 0 Å². The Morgan fingerprint density at radius 3 is 3.12 bits per heavy atom. The smallest absolute Gasteiger partial charge is 0.123 e. The molecule has 2 aliphatic rings. The van der Waals surface area contributed by atoms with Crippen molar-refractivity contribution in [3.63, 3.8) is 0 Å². The fourth-order valence-electron chi connectivity index (χ4n) is 3.19. The van der Waals surface area contributed by atoms with Crippen LogP contribution < -0.4 is 5.32 Å². The molecule has 1 N–H and O–H groups in total. The molecule has 2 nitrogen and oxygen atoms in total. The van der Waals surface area contributed by atoms with Crippen LogP contribution in [-0.2, 0) is 0 Å². The Morgan fingerprint density at radius 2 is 2.35 bits per heavy atom. The third-order valence-corrected chi connectivity index (χ3v) is 4.22. The van der Waals surface area contributed by atoms with E-state index in [2.05, 4.69) is 17.3 Å². The highest BCUT2D eigenvalue weighted by atomic mass is 19.1. The fourth-order valence-corrected chi connectivity index (χ4v) is 3.19. The van der Waals surface area contributed by atoms with Crippen molar-refractivity contribution in [2.75, 3.05) is 25.5 Å². The summed E-state index contributed by atoms with van der Waals surface area (Å²) < 4.78 is 13.3. The monoisotopic (exact) mass is 234 g/mol. The second-order valence-electron chi connectivity index (χ2n) is 5.32. The van der Waals surface area contributed by atoms with Gasteiger partial charge in [-0.1, -0.05) is 0 Å². The van der Waals surface area contributed by atoms with Crippen molar-refractivity contribution in [1.29, 1.82) is 0 Å². The first-order chi connectivity index (χ1) is 8.24. The maximum Gasteiger partial charge on any atom is 0.123 e. The van der Waals surface area contributed by atoms with E-state index in [1.165, 1.54) is 31.0 Å². The van der Waals surface area contributed by atoms with Crippen molar-refractivity contribution in [2.24, 2.45) is 0 Å². The van der Waals surface area contributed by atoms with E-state index in [1.54, 1.807) is 6.07 Å². The standard InChI is InChI=1S/C14H19FN2/c1-17-6-2-3-12(17)7-10-9-16-14-5-4-11(15)8-13(10)14/h4-5,8,10,12,16H,2-3,6-7,9H2,1H3. The van der Waals surface area contributed by atoms with Gasteiger partial charge in [0.2, 0.25) is 0 Å². The Labute approximate surface area is 102 Å². The van der Waals surface area contributed by atoms with Gasteiger partial charge >= 0.3 is 0 Å². The maximum atomic E-state index is 13.3. The third kappa shape index (κ3) is 2.04. The van der Waals surface area contributed by atoms with E-state index in [9.17, 15) is 4.39 Å². The van der Waals surface area contributed by atoms with Crippen LogP contribution in [0.4, 0.5) is 10.1 Å². The summed E-state index contributed by atoms with van der Waals surface area (Å²) in [5.41, 5.74) is 2.29. The van der Waals surface area contributed by atoms with Crippen LogP contribution in [0.3, 0.4) is 0 Å². The van der Waals surface area contributed by atoms with Gasteiger partial charge in [0.25, 0.3) is 0 Å². The molecular formula is C14H19FN2. The first-order valence-corrected chi connectivity index (χ1v) is 6.47. The molecule has 3 heteroatoms. The van der Waals surface area contributed by atoms with Gasteiger partial charge in [-0.05, 0) is 56.6 Å². The molecule has 3 rings (SSSR count). The predicted octanol–water partition coefficient (Wildman–Crippen LogP) is 2.82. The summed E-state index contributed by atoms with van der Waals surface area (Å²) in [6.07, 6.45) is 3.74. The van der Waals surface area contributed by atoms with Gasteiger partial charge in [0.05, 0.1) is 0 Å². The minimum absolute atomic E-state index is 0.114. The maximum absolute atomic E-state index is 13.3. The van der Waals surface area contributed by atoms with Gasteiger partial charge < -0.3 is 10.2 Å². The minimum atomic E-state index is -0.114. The first-order valence-electron chi connectivity index (χ1n) is 6.47. The summed E-state index contributed by atoms with van der Waals surface area (Å²) in [5.74, 6) is 0.364. The summed E-state index contributed by atoms with van der Waals surface area (Å²) in [6, 6.07) is 5.78. The van der Waals surface area contributed by atoms with Gasteiger partial charge in [-0.15, -0.1) is 0 Å². The molecule has 17 heavy (non-hydrogen) atoms. The molecule has 0 radical (unpaired) electrons. The number of fused-ring (bicyclic) bond motifs is 1. The van der Waals surface area contributed by atoms with E-state index in [4.69, 9.17) is 0 Å². The zero-order chi connectivity index (χ0) is 11.8. The van der Waals surface area contributed by atoms with E-state index >= 15 is 0 Å². The molecule has 92 valence electrons. The van der Waals surface area contributed by atoms with Crippen LogP contribution in [-0.4, -0.2) is 31.1 Å². The molecule has 0 amide bonds. The number of nitrogens with zero attached hydrogens (tertiary/aromatic N) is 1. The molecule has 0 aromatic heterocycles. The van der Waals surface area contributed by atoms with Gasteiger partial charge in [0, 0.05) is 24.2 Å². The normalized spacial score (nSPS) is 28.1. The van der Waals surface area contributed by atoms with Crippen molar-refractivity contribution in [1.82, 2.24) is 4.90 Å². The molecule has 1 aromatic rings. The Balaban J connectivity index is 1.76. The zero-order valence-electron chi connectivity index (χ0n) is 10.2. The fraction of sp³-hybridized carbons (Fsp3) is 0.571. The molecule has 0 spiro atoms. The van der Waals surface area contributed by atoms with Crippen LogP contribution in [0.1, 0.15) is 30.7 Å². The average molecular weight is 234 g/mol. The lowest BCUT2D eigenvalue weighted by atomic mass is 9.93. The summed E-state index contributed by atoms with van der Waals surface area (Å²) in [4.78, 5) is 2.44. The zero-order valence-corrected chi connectivity index (χ0v) is 10.2. The quantitative estimate of drug-likeness (QED) is 0.846. The average Bonchev–Trinajstić information content (AvgIpc) is 2.88. The Morgan fingerprint density at radius 1 is 1.47 bits per heavy atom. The number of halogens is 1. The SMILES string of the molecule is CN1CCCC1CC1CNc2ccc(F)cc21. The second-order valence-corrected chi connectivity index (χ2v) is 5.32. The van der Waals surface area contributed by atoms with Gasteiger partial charge in [0.1, 0.15) is 5.82 Å². The highest BCUT2D eigenvalue weighted by Crippen LogP contribution is 2.36. The number of likely N-dealkylation sites (tertiary alicyclic amines) is 1. The van der Waals surface area contributed by atoms with E-state index in [0.29, 0.717) is 12.0 Å². The lowest BCUT2D eigenvalue weighted by molar-refractivity contribution is 0.285. The van der Waals surface area contributed by atoms with E-state index in [1.807, 2.05) is 6.07 Å². The number of nitrogens with one attached hydrogen (secondary N) is 1. The lowest BCUT2D eigenvalue weighted by Gasteiger charge is -2.22. The third-order valence-electron chi connectivity index (χ3n) is 4.22. The molecule has 0 bridgehead atoms. The van der Waals surface area contributed by atoms with Crippen molar-refractivity contribution in [3.05, 3.63) is 29.6 Å².